The molecule has 2 saturated heterocycles. The Bertz CT molecular complexity index is 986. The second-order valence-corrected chi connectivity index (χ2v) is 7.67. The first-order valence-corrected chi connectivity index (χ1v) is 9.64. The van der Waals surface area contributed by atoms with Crippen LogP contribution in [0.25, 0.3) is 22.6 Å². The monoisotopic (exact) mass is 374 g/mol. The summed E-state index contributed by atoms with van der Waals surface area (Å²) < 4.78 is 1.82. The molecule has 3 aromatic rings. The number of fused-ring (bicyclic) bond motifs is 2. The minimum absolute atomic E-state index is 0.106. The lowest BCUT2D eigenvalue weighted by Gasteiger charge is -2.30. The molecule has 0 saturated carbocycles. The van der Waals surface area contributed by atoms with Crippen molar-refractivity contribution in [1.82, 2.24) is 30.0 Å². The molecular formula is C21H22N6O. The lowest BCUT2D eigenvalue weighted by Crippen LogP contribution is -2.38. The fourth-order valence-electron chi connectivity index (χ4n) is 4.38. The van der Waals surface area contributed by atoms with Crippen molar-refractivity contribution in [2.24, 2.45) is 5.92 Å². The quantitative estimate of drug-likeness (QED) is 0.730. The molecule has 7 heteroatoms. The standard InChI is InChI=1S/C21H22N6O/c1-13(14-8-15-2-3-16(9-14)24-15)19-11-23-21(26-25-19)18-5-4-17(10-20(18)28)27-7-6-22-12-27/h4-7,10-12,14-16,24,28H,1-3,8-9H2/t14?,15-,16+. The van der Waals surface area contributed by atoms with Gasteiger partial charge in [-0.15, -0.1) is 10.2 Å². The molecule has 2 N–H and O–H groups in total. The number of hydrogen-bond donors (Lipinski definition) is 2. The number of hydrogen-bond acceptors (Lipinski definition) is 6. The van der Waals surface area contributed by atoms with Gasteiger partial charge in [-0.05, 0) is 49.3 Å². The number of nitrogens with one attached hydrogen (secondary N) is 1. The van der Waals surface area contributed by atoms with Crippen molar-refractivity contribution >= 4 is 5.57 Å². The summed E-state index contributed by atoms with van der Waals surface area (Å²) in [7, 11) is 0. The number of aromatic hydroxyl groups is 1. The van der Waals surface area contributed by atoms with Gasteiger partial charge in [0.2, 0.25) is 0 Å². The fraction of sp³-hybridized carbons (Fsp3) is 0.333. The average Bonchev–Trinajstić information content (AvgIpc) is 3.37. The molecule has 0 aliphatic carbocycles. The van der Waals surface area contributed by atoms with E-state index in [-0.39, 0.29) is 5.75 Å². The SMILES string of the molecule is C=C(c1cnc(-c2ccc(-n3ccnc3)cc2O)nn1)C1C[C@H]2CC[C@@H](C1)N2. The molecule has 2 aliphatic rings. The van der Waals surface area contributed by atoms with E-state index in [9.17, 15) is 5.11 Å². The summed E-state index contributed by atoms with van der Waals surface area (Å²) in [6, 6.07) is 6.55. The summed E-state index contributed by atoms with van der Waals surface area (Å²) >= 11 is 0. The van der Waals surface area contributed by atoms with Crippen LogP contribution in [-0.2, 0) is 0 Å². The third-order valence-electron chi connectivity index (χ3n) is 5.88. The normalized spacial score (nSPS) is 23.6. The molecule has 1 aromatic carbocycles. The number of imidazole rings is 1. The third kappa shape index (κ3) is 3.07. The van der Waals surface area contributed by atoms with Crippen LogP contribution in [0.2, 0.25) is 0 Å². The second-order valence-electron chi connectivity index (χ2n) is 7.67. The van der Waals surface area contributed by atoms with E-state index in [0.29, 0.717) is 29.4 Å². The molecule has 2 fully saturated rings. The minimum atomic E-state index is 0.106. The summed E-state index contributed by atoms with van der Waals surface area (Å²) in [4.78, 5) is 8.46. The highest BCUT2D eigenvalue weighted by Gasteiger charge is 2.35. The number of allylic oxidation sites excluding steroid dienone is 1. The van der Waals surface area contributed by atoms with Crippen molar-refractivity contribution in [3.8, 4) is 22.8 Å². The van der Waals surface area contributed by atoms with Crippen LogP contribution in [0, 0.1) is 5.92 Å². The maximum absolute atomic E-state index is 10.4. The molecule has 7 nitrogen and oxygen atoms in total. The summed E-state index contributed by atoms with van der Waals surface area (Å²) in [6.45, 7) is 4.28. The molecule has 0 radical (unpaired) electrons. The van der Waals surface area contributed by atoms with E-state index in [4.69, 9.17) is 0 Å². The molecule has 2 aromatic heterocycles. The van der Waals surface area contributed by atoms with Crippen molar-refractivity contribution in [3.63, 3.8) is 0 Å². The molecule has 5 rings (SSSR count). The highest BCUT2D eigenvalue weighted by Crippen LogP contribution is 2.37. The third-order valence-corrected chi connectivity index (χ3v) is 5.88. The van der Waals surface area contributed by atoms with Gasteiger partial charge in [-0.1, -0.05) is 6.58 Å². The number of rotatable bonds is 4. The molecule has 2 bridgehead atoms. The van der Waals surface area contributed by atoms with Crippen molar-refractivity contribution in [1.29, 1.82) is 0 Å². The second kappa shape index (κ2) is 6.83. The smallest absolute Gasteiger partial charge is 0.185 e. The molecular weight excluding hydrogens is 352 g/mol. The first kappa shape index (κ1) is 17.1. The Morgan fingerprint density at radius 1 is 1.18 bits per heavy atom. The average molecular weight is 374 g/mol. The lowest BCUT2D eigenvalue weighted by atomic mass is 9.85. The highest BCUT2D eigenvalue weighted by atomic mass is 16.3. The van der Waals surface area contributed by atoms with E-state index in [1.807, 2.05) is 16.8 Å². The fourth-order valence-corrected chi connectivity index (χ4v) is 4.38. The Morgan fingerprint density at radius 2 is 2.00 bits per heavy atom. The van der Waals surface area contributed by atoms with Crippen LogP contribution < -0.4 is 5.32 Å². The van der Waals surface area contributed by atoms with Crippen molar-refractivity contribution < 1.29 is 5.11 Å². The molecule has 0 amide bonds. The Hall–Kier alpha value is -3.06. The van der Waals surface area contributed by atoms with Crippen LogP contribution in [0.5, 0.6) is 5.75 Å². The zero-order valence-electron chi connectivity index (χ0n) is 15.5. The van der Waals surface area contributed by atoms with Crippen molar-refractivity contribution in [2.45, 2.75) is 37.8 Å². The number of phenolic OH excluding ortho intramolecular Hbond substituents is 1. The predicted molar refractivity (Wildman–Crippen MR) is 106 cm³/mol. The van der Waals surface area contributed by atoms with Crippen molar-refractivity contribution in [2.75, 3.05) is 0 Å². The van der Waals surface area contributed by atoms with Crippen LogP contribution in [0.1, 0.15) is 31.4 Å². The molecule has 4 heterocycles. The van der Waals surface area contributed by atoms with Crippen molar-refractivity contribution in [3.05, 3.63) is 55.4 Å². The van der Waals surface area contributed by atoms with Gasteiger partial charge in [-0.25, -0.2) is 9.97 Å². The Labute approximate surface area is 163 Å². The lowest BCUT2D eigenvalue weighted by molar-refractivity contribution is 0.351. The van der Waals surface area contributed by atoms with Crippen LogP contribution in [0.15, 0.2) is 49.7 Å². The van der Waals surface area contributed by atoms with E-state index >= 15 is 0 Å². The Balaban J connectivity index is 1.36. The van der Waals surface area contributed by atoms with Gasteiger partial charge < -0.3 is 15.0 Å². The van der Waals surface area contributed by atoms with E-state index in [1.54, 1.807) is 30.9 Å². The van der Waals surface area contributed by atoms with Gasteiger partial charge in [-0.2, -0.15) is 0 Å². The number of piperidine rings is 1. The van der Waals surface area contributed by atoms with E-state index in [2.05, 4.69) is 32.1 Å². The summed E-state index contributed by atoms with van der Waals surface area (Å²) in [5.74, 6) is 0.940. The minimum Gasteiger partial charge on any atom is -0.507 e. The number of benzene rings is 1. The van der Waals surface area contributed by atoms with Gasteiger partial charge in [0.1, 0.15) is 11.4 Å². The van der Waals surface area contributed by atoms with Crippen LogP contribution in [0.3, 0.4) is 0 Å². The van der Waals surface area contributed by atoms with Gasteiger partial charge >= 0.3 is 0 Å². The summed E-state index contributed by atoms with van der Waals surface area (Å²) in [5, 5.41) is 22.7. The predicted octanol–water partition coefficient (Wildman–Crippen LogP) is 2.97. The van der Waals surface area contributed by atoms with Crippen LogP contribution >= 0.6 is 0 Å². The first-order valence-electron chi connectivity index (χ1n) is 9.64. The Morgan fingerprint density at radius 3 is 2.64 bits per heavy atom. The molecule has 2 aliphatic heterocycles. The number of aromatic nitrogens is 5. The van der Waals surface area contributed by atoms with Gasteiger partial charge in [0.25, 0.3) is 0 Å². The highest BCUT2D eigenvalue weighted by molar-refractivity contribution is 5.67. The maximum Gasteiger partial charge on any atom is 0.185 e. The van der Waals surface area contributed by atoms with Crippen LogP contribution in [-0.4, -0.2) is 41.9 Å². The van der Waals surface area contributed by atoms with Gasteiger partial charge in [0.15, 0.2) is 5.82 Å². The molecule has 1 unspecified atom stereocenters. The largest absolute Gasteiger partial charge is 0.507 e. The summed E-state index contributed by atoms with van der Waals surface area (Å²) in [6.07, 6.45) is 11.6. The Kier molecular flexibility index (Phi) is 4.16. The van der Waals surface area contributed by atoms with E-state index in [1.165, 1.54) is 12.8 Å². The van der Waals surface area contributed by atoms with Gasteiger partial charge in [-0.3, -0.25) is 0 Å². The van der Waals surface area contributed by atoms with E-state index in [0.717, 1.165) is 29.8 Å². The maximum atomic E-state index is 10.4. The first-order chi connectivity index (χ1) is 13.7. The number of nitrogens with zero attached hydrogens (tertiary/aromatic N) is 5. The molecule has 0 spiro atoms. The van der Waals surface area contributed by atoms with Crippen LogP contribution in [0.4, 0.5) is 0 Å². The zero-order valence-corrected chi connectivity index (χ0v) is 15.5. The van der Waals surface area contributed by atoms with Gasteiger partial charge in [0, 0.05) is 30.5 Å². The zero-order chi connectivity index (χ0) is 19.1. The van der Waals surface area contributed by atoms with Gasteiger partial charge in [0.05, 0.1) is 23.8 Å². The summed E-state index contributed by atoms with van der Waals surface area (Å²) in [5.41, 5.74) is 3.12. The number of phenols is 1. The molecule has 3 atom stereocenters. The topological polar surface area (TPSA) is 88.8 Å². The van der Waals surface area contributed by atoms with E-state index < -0.39 is 0 Å². The molecule has 28 heavy (non-hydrogen) atoms. The molecule has 142 valence electrons.